The third-order valence-electron chi connectivity index (χ3n) is 3.26. The van der Waals surface area contributed by atoms with Gasteiger partial charge in [-0.05, 0) is 42.7 Å². The van der Waals surface area contributed by atoms with Gasteiger partial charge >= 0.3 is 0 Å². The minimum absolute atomic E-state index is 0.0179. The molecule has 1 amide bonds. The van der Waals surface area contributed by atoms with Crippen molar-refractivity contribution in [3.05, 3.63) is 29.8 Å². The number of ether oxygens (including phenoxy) is 1. The van der Waals surface area contributed by atoms with Crippen molar-refractivity contribution in [1.29, 1.82) is 0 Å². The minimum atomic E-state index is -0.0179. The fourth-order valence-corrected chi connectivity index (χ4v) is 1.99. The van der Waals surface area contributed by atoms with Gasteiger partial charge in [-0.3, -0.25) is 4.79 Å². The Morgan fingerprint density at radius 3 is 2.50 bits per heavy atom. The highest BCUT2D eigenvalue weighted by atomic mass is 16.5. The molecule has 4 nitrogen and oxygen atoms in total. The smallest absolute Gasteiger partial charge is 0.240 e. The predicted molar refractivity (Wildman–Crippen MR) is 91.3 cm³/mol. The number of carbonyl (C=O) groups is 1. The lowest BCUT2D eigenvalue weighted by Gasteiger charge is -2.04. The molecule has 0 radical (unpaired) electrons. The van der Waals surface area contributed by atoms with Crippen molar-refractivity contribution in [2.24, 2.45) is 5.10 Å². The zero-order valence-corrected chi connectivity index (χ0v) is 13.8. The predicted octanol–water partition coefficient (Wildman–Crippen LogP) is 4.29. The number of hydrogen-bond acceptors (Lipinski definition) is 3. The van der Waals surface area contributed by atoms with Crippen molar-refractivity contribution in [1.82, 2.24) is 5.43 Å². The van der Waals surface area contributed by atoms with Crippen molar-refractivity contribution in [2.45, 2.75) is 58.8 Å². The van der Waals surface area contributed by atoms with Gasteiger partial charge in [-0.1, -0.05) is 39.5 Å². The number of rotatable bonds is 11. The number of nitrogens with one attached hydrogen (secondary N) is 1. The molecular weight excluding hydrogens is 276 g/mol. The Morgan fingerprint density at radius 2 is 1.82 bits per heavy atom. The summed E-state index contributed by atoms with van der Waals surface area (Å²) in [7, 11) is 0. The van der Waals surface area contributed by atoms with E-state index >= 15 is 0 Å². The molecule has 4 heteroatoms. The molecule has 122 valence electrons. The van der Waals surface area contributed by atoms with Crippen molar-refractivity contribution < 1.29 is 9.53 Å². The van der Waals surface area contributed by atoms with Crippen LogP contribution < -0.4 is 10.2 Å². The molecule has 0 heterocycles. The summed E-state index contributed by atoms with van der Waals surface area (Å²) in [5.74, 6) is 0.839. The van der Waals surface area contributed by atoms with Gasteiger partial charge in [0.05, 0.1) is 12.8 Å². The molecular formula is C18H28N2O2. The van der Waals surface area contributed by atoms with Gasteiger partial charge in [-0.25, -0.2) is 5.43 Å². The highest BCUT2D eigenvalue weighted by molar-refractivity contribution is 5.82. The van der Waals surface area contributed by atoms with Crippen LogP contribution in [0.5, 0.6) is 5.75 Å². The van der Waals surface area contributed by atoms with Crippen LogP contribution in [0.25, 0.3) is 0 Å². The summed E-state index contributed by atoms with van der Waals surface area (Å²) in [6, 6.07) is 7.66. The summed E-state index contributed by atoms with van der Waals surface area (Å²) < 4.78 is 5.51. The zero-order chi connectivity index (χ0) is 16.0. The van der Waals surface area contributed by atoms with E-state index in [0.717, 1.165) is 37.2 Å². The van der Waals surface area contributed by atoms with Gasteiger partial charge in [0.15, 0.2) is 0 Å². The van der Waals surface area contributed by atoms with E-state index in [9.17, 15) is 4.79 Å². The summed E-state index contributed by atoms with van der Waals surface area (Å²) in [4.78, 5) is 11.6. The fraction of sp³-hybridized carbons (Fsp3) is 0.556. The molecule has 22 heavy (non-hydrogen) atoms. The lowest BCUT2D eigenvalue weighted by molar-refractivity contribution is -0.121. The Kier molecular flexibility index (Phi) is 9.75. The number of unbranched alkanes of at least 4 members (excludes halogenated alkanes) is 4. The minimum Gasteiger partial charge on any atom is -0.494 e. The van der Waals surface area contributed by atoms with E-state index in [1.54, 1.807) is 6.21 Å². The van der Waals surface area contributed by atoms with Crippen molar-refractivity contribution in [3.63, 3.8) is 0 Å². The third-order valence-corrected chi connectivity index (χ3v) is 3.26. The Balaban J connectivity index is 2.22. The van der Waals surface area contributed by atoms with E-state index < -0.39 is 0 Å². The second-order valence-corrected chi connectivity index (χ2v) is 5.37. The van der Waals surface area contributed by atoms with Gasteiger partial charge in [0.1, 0.15) is 5.75 Å². The number of nitrogens with zero attached hydrogens (tertiary/aromatic N) is 1. The van der Waals surface area contributed by atoms with Crippen molar-refractivity contribution in [3.8, 4) is 5.75 Å². The Bertz CT molecular complexity index is 441. The summed E-state index contributed by atoms with van der Waals surface area (Å²) in [6.07, 6.45) is 8.92. The lowest BCUT2D eigenvalue weighted by Crippen LogP contribution is -2.16. The largest absolute Gasteiger partial charge is 0.494 e. The van der Waals surface area contributed by atoms with E-state index in [0.29, 0.717) is 6.42 Å². The Labute approximate surface area is 134 Å². The fourth-order valence-electron chi connectivity index (χ4n) is 1.99. The lowest BCUT2D eigenvalue weighted by atomic mass is 10.1. The highest BCUT2D eigenvalue weighted by Crippen LogP contribution is 2.11. The maximum atomic E-state index is 11.6. The molecule has 1 rings (SSSR count). The van der Waals surface area contributed by atoms with Gasteiger partial charge in [0.25, 0.3) is 0 Å². The molecule has 0 fully saturated rings. The van der Waals surface area contributed by atoms with Crippen LogP contribution in [0.1, 0.15) is 64.4 Å². The molecule has 0 unspecified atom stereocenters. The molecule has 1 N–H and O–H groups in total. The van der Waals surface area contributed by atoms with Crippen LogP contribution in [-0.4, -0.2) is 18.7 Å². The Morgan fingerprint density at radius 1 is 1.09 bits per heavy atom. The maximum Gasteiger partial charge on any atom is 0.240 e. The standard InChI is InChI=1S/C18H28N2O2/c1-3-5-6-7-8-9-18(21)20-19-15-16-10-12-17(13-11-16)22-14-4-2/h10-13,15H,3-9,14H2,1-2H3,(H,20,21). The topological polar surface area (TPSA) is 50.7 Å². The van der Waals surface area contributed by atoms with Crippen molar-refractivity contribution in [2.75, 3.05) is 6.61 Å². The van der Waals surface area contributed by atoms with E-state index in [4.69, 9.17) is 4.74 Å². The van der Waals surface area contributed by atoms with Gasteiger partial charge in [0, 0.05) is 6.42 Å². The summed E-state index contributed by atoms with van der Waals surface area (Å²) in [5, 5.41) is 3.98. The van der Waals surface area contributed by atoms with Crippen molar-refractivity contribution >= 4 is 12.1 Å². The number of amides is 1. The zero-order valence-electron chi connectivity index (χ0n) is 13.8. The van der Waals surface area contributed by atoms with Crippen LogP contribution >= 0.6 is 0 Å². The summed E-state index contributed by atoms with van der Waals surface area (Å²) in [5.41, 5.74) is 3.51. The molecule has 0 bridgehead atoms. The van der Waals surface area contributed by atoms with Crippen LogP contribution in [0.3, 0.4) is 0 Å². The third kappa shape index (κ3) is 8.45. The summed E-state index contributed by atoms with van der Waals surface area (Å²) >= 11 is 0. The van der Waals surface area contributed by atoms with Gasteiger partial charge in [-0.15, -0.1) is 0 Å². The monoisotopic (exact) mass is 304 g/mol. The normalized spacial score (nSPS) is 10.8. The molecule has 0 aliphatic rings. The Hall–Kier alpha value is -1.84. The van der Waals surface area contributed by atoms with Crippen LogP contribution in [0, 0.1) is 0 Å². The first kappa shape index (κ1) is 18.2. The molecule has 0 atom stereocenters. The highest BCUT2D eigenvalue weighted by Gasteiger charge is 1.99. The number of carbonyl (C=O) groups excluding carboxylic acids is 1. The van der Waals surface area contributed by atoms with E-state index in [1.165, 1.54) is 19.3 Å². The van der Waals surface area contributed by atoms with E-state index in [1.807, 2.05) is 24.3 Å². The van der Waals surface area contributed by atoms with E-state index in [-0.39, 0.29) is 5.91 Å². The maximum absolute atomic E-state index is 11.6. The van der Waals surface area contributed by atoms with Crippen LogP contribution in [-0.2, 0) is 4.79 Å². The van der Waals surface area contributed by atoms with Gasteiger partial charge in [0.2, 0.25) is 5.91 Å². The molecule has 0 aliphatic carbocycles. The molecule has 0 saturated carbocycles. The molecule has 0 spiro atoms. The van der Waals surface area contributed by atoms with Gasteiger partial charge in [-0.2, -0.15) is 5.10 Å². The number of hydrogen-bond donors (Lipinski definition) is 1. The van der Waals surface area contributed by atoms with E-state index in [2.05, 4.69) is 24.4 Å². The molecule has 0 saturated heterocycles. The first-order valence-electron chi connectivity index (χ1n) is 8.31. The molecule has 0 aliphatic heterocycles. The molecule has 1 aromatic carbocycles. The first-order valence-corrected chi connectivity index (χ1v) is 8.31. The molecule has 0 aromatic heterocycles. The average Bonchev–Trinajstić information content (AvgIpc) is 2.54. The SMILES string of the molecule is CCCCCCCC(=O)NN=Cc1ccc(OCCC)cc1. The number of benzene rings is 1. The summed E-state index contributed by atoms with van der Waals surface area (Å²) in [6.45, 7) is 4.99. The van der Waals surface area contributed by atoms with Crippen LogP contribution in [0.15, 0.2) is 29.4 Å². The second kappa shape index (κ2) is 11.8. The van der Waals surface area contributed by atoms with Crippen LogP contribution in [0.4, 0.5) is 0 Å². The van der Waals surface area contributed by atoms with Crippen LogP contribution in [0.2, 0.25) is 0 Å². The second-order valence-electron chi connectivity index (χ2n) is 5.37. The average molecular weight is 304 g/mol. The van der Waals surface area contributed by atoms with Gasteiger partial charge < -0.3 is 4.74 Å². The quantitative estimate of drug-likeness (QED) is 0.377. The first-order chi connectivity index (χ1) is 10.8. The number of hydrazone groups is 1. The molecule has 1 aromatic rings.